The van der Waals surface area contributed by atoms with E-state index in [-0.39, 0.29) is 28.2 Å². The summed E-state index contributed by atoms with van der Waals surface area (Å²) in [5, 5.41) is 12.9. The molecule has 2 aromatic carbocycles. The summed E-state index contributed by atoms with van der Waals surface area (Å²) in [5.74, 6) is -1.91. The van der Waals surface area contributed by atoms with Crippen molar-refractivity contribution in [2.24, 2.45) is 0 Å². The lowest BCUT2D eigenvalue weighted by atomic mass is 10.2. The summed E-state index contributed by atoms with van der Waals surface area (Å²) in [6.07, 6.45) is 1.33. The second-order valence-electron chi connectivity index (χ2n) is 7.55. The van der Waals surface area contributed by atoms with Crippen LogP contribution in [0.3, 0.4) is 0 Å². The van der Waals surface area contributed by atoms with Gasteiger partial charge < -0.3 is 24.9 Å². The molecule has 1 fully saturated rings. The van der Waals surface area contributed by atoms with Crippen LogP contribution in [0.15, 0.2) is 53.4 Å². The van der Waals surface area contributed by atoms with E-state index in [0.717, 1.165) is 12.8 Å². The van der Waals surface area contributed by atoms with E-state index in [0.29, 0.717) is 5.56 Å². The lowest BCUT2D eigenvalue weighted by Crippen LogP contribution is -2.31. The third kappa shape index (κ3) is 9.76. The highest BCUT2D eigenvalue weighted by Crippen LogP contribution is 2.31. The van der Waals surface area contributed by atoms with E-state index < -0.39 is 42.3 Å². The molecule has 0 atom stereocenters. The normalized spacial score (nSPS) is 13.1. The van der Waals surface area contributed by atoms with E-state index in [9.17, 15) is 27.4 Å². The SMILES string of the molecule is COc1ccccc1C(=O)NS(=O)(=O)c1ccc(C(=O)NC2CC2)cc1.O=C(O)CNCP(=O)(O)O. The molecule has 1 saturated carbocycles. The van der Waals surface area contributed by atoms with Gasteiger partial charge in [-0.05, 0) is 49.2 Å². The lowest BCUT2D eigenvalue weighted by Gasteiger charge is -2.10. The van der Waals surface area contributed by atoms with Crippen LogP contribution in [0.25, 0.3) is 0 Å². The highest BCUT2D eigenvalue weighted by atomic mass is 32.2. The van der Waals surface area contributed by atoms with Gasteiger partial charge in [0.1, 0.15) is 5.75 Å². The molecular weight excluding hydrogens is 517 g/mol. The van der Waals surface area contributed by atoms with Gasteiger partial charge in [-0.1, -0.05) is 12.1 Å². The van der Waals surface area contributed by atoms with Crippen LogP contribution in [-0.4, -0.2) is 67.1 Å². The molecule has 0 heterocycles. The molecule has 2 aromatic rings. The van der Waals surface area contributed by atoms with Crippen LogP contribution in [0.2, 0.25) is 0 Å². The molecule has 0 bridgehead atoms. The first-order valence-corrected chi connectivity index (χ1v) is 13.7. The number of nitrogens with one attached hydrogen (secondary N) is 3. The fraction of sp³-hybridized carbons (Fsp3) is 0.286. The van der Waals surface area contributed by atoms with Crippen molar-refractivity contribution in [3.63, 3.8) is 0 Å². The van der Waals surface area contributed by atoms with E-state index in [1.807, 2.05) is 4.72 Å². The second-order valence-corrected chi connectivity index (χ2v) is 10.9. The zero-order valence-electron chi connectivity index (χ0n) is 19.1. The van der Waals surface area contributed by atoms with Gasteiger partial charge in [0.2, 0.25) is 0 Å². The molecule has 6 N–H and O–H groups in total. The largest absolute Gasteiger partial charge is 0.496 e. The van der Waals surface area contributed by atoms with Crippen molar-refractivity contribution in [3.8, 4) is 5.75 Å². The van der Waals surface area contributed by atoms with Crippen molar-refractivity contribution in [1.82, 2.24) is 15.4 Å². The molecule has 36 heavy (non-hydrogen) atoms. The van der Waals surface area contributed by atoms with Crippen molar-refractivity contribution in [3.05, 3.63) is 59.7 Å². The Morgan fingerprint density at radius 2 is 1.64 bits per heavy atom. The number of carboxylic acid groups (broad SMARTS) is 1. The van der Waals surface area contributed by atoms with E-state index in [1.54, 1.807) is 18.2 Å². The third-order valence-corrected chi connectivity index (χ3v) is 6.49. The zero-order valence-corrected chi connectivity index (χ0v) is 20.8. The molecule has 1 aliphatic carbocycles. The number of rotatable bonds is 10. The fourth-order valence-electron chi connectivity index (χ4n) is 2.66. The number of benzene rings is 2. The Hall–Kier alpha value is -3.29. The van der Waals surface area contributed by atoms with Crippen molar-refractivity contribution < 1.29 is 47.0 Å². The number of amides is 2. The Kier molecular flexibility index (Phi) is 10.1. The molecule has 0 saturated heterocycles. The Balaban J connectivity index is 0.000000388. The van der Waals surface area contributed by atoms with Crippen molar-refractivity contribution in [2.45, 2.75) is 23.8 Å². The number of ether oxygens (including phenoxy) is 1. The van der Waals surface area contributed by atoms with Crippen LogP contribution in [0.1, 0.15) is 33.6 Å². The summed E-state index contributed by atoms with van der Waals surface area (Å²) in [4.78, 5) is 50.3. The average Bonchev–Trinajstić information content (AvgIpc) is 3.62. The quantitative estimate of drug-likeness (QED) is 0.227. The Labute approximate surface area is 207 Å². The number of carbonyl (C=O) groups excluding carboxylic acids is 2. The minimum atomic E-state index is -4.10. The topological polar surface area (TPSA) is 208 Å². The van der Waals surface area contributed by atoms with Crippen molar-refractivity contribution in [1.29, 1.82) is 0 Å². The van der Waals surface area contributed by atoms with Crippen molar-refractivity contribution in [2.75, 3.05) is 19.9 Å². The van der Waals surface area contributed by atoms with E-state index in [4.69, 9.17) is 19.6 Å². The number of methoxy groups -OCH3 is 1. The van der Waals surface area contributed by atoms with Gasteiger partial charge in [0.25, 0.3) is 21.8 Å². The van der Waals surface area contributed by atoms with Gasteiger partial charge in [-0.2, -0.15) is 0 Å². The number of carbonyl (C=O) groups is 3. The molecule has 0 unspecified atom stereocenters. The van der Waals surface area contributed by atoms with Gasteiger partial charge in [0.05, 0.1) is 30.4 Å². The standard InChI is InChI=1S/C18H18N2O5S.C3H8NO5P/c1-25-16-5-3-2-4-15(16)18(22)20-26(23,24)14-10-6-12(7-11-14)17(21)19-13-8-9-13;5-3(6)1-4-2-10(7,8)9/h2-7,10-11,13H,8-9H2,1H3,(H,19,21)(H,20,22);4H,1-2H2,(H,5,6)(H2,7,8,9). The van der Waals surface area contributed by atoms with Gasteiger partial charge in [0.15, 0.2) is 0 Å². The molecule has 196 valence electrons. The first kappa shape index (κ1) is 28.9. The predicted molar refractivity (Wildman–Crippen MR) is 127 cm³/mol. The van der Waals surface area contributed by atoms with Gasteiger partial charge >= 0.3 is 13.6 Å². The molecule has 3 rings (SSSR count). The van der Waals surface area contributed by atoms with E-state index >= 15 is 0 Å². The number of para-hydroxylation sites is 1. The molecule has 2 amide bonds. The zero-order chi connectivity index (χ0) is 26.9. The van der Waals surface area contributed by atoms with Crippen LogP contribution in [0.5, 0.6) is 5.75 Å². The van der Waals surface area contributed by atoms with E-state index in [2.05, 4.69) is 10.6 Å². The molecule has 13 nitrogen and oxygen atoms in total. The van der Waals surface area contributed by atoms with Crippen LogP contribution in [-0.2, 0) is 19.4 Å². The second kappa shape index (κ2) is 12.6. The fourth-order valence-corrected chi connectivity index (χ4v) is 4.03. The molecular formula is C21H26N3O10PS. The predicted octanol–water partition coefficient (Wildman–Crippen LogP) is 0.502. The summed E-state index contributed by atoms with van der Waals surface area (Å²) in [6.45, 7) is -0.439. The molecule has 0 aromatic heterocycles. The van der Waals surface area contributed by atoms with Crippen LogP contribution in [0.4, 0.5) is 0 Å². The van der Waals surface area contributed by atoms with Gasteiger partial charge in [-0.25, -0.2) is 13.1 Å². The average molecular weight is 543 g/mol. The van der Waals surface area contributed by atoms with Crippen LogP contribution >= 0.6 is 7.60 Å². The van der Waals surface area contributed by atoms with Crippen molar-refractivity contribution >= 4 is 35.4 Å². The first-order valence-electron chi connectivity index (χ1n) is 10.4. The summed E-state index contributed by atoms with van der Waals surface area (Å²) in [6, 6.07) is 11.9. The number of sulfonamides is 1. The molecule has 1 aliphatic rings. The number of hydrogen-bond acceptors (Lipinski definition) is 8. The Morgan fingerprint density at radius 3 is 2.17 bits per heavy atom. The highest BCUT2D eigenvalue weighted by molar-refractivity contribution is 7.90. The number of carboxylic acids is 1. The number of aliphatic carboxylic acids is 1. The monoisotopic (exact) mass is 543 g/mol. The summed E-state index contributed by atoms with van der Waals surface area (Å²) in [5.41, 5.74) is 0.478. The summed E-state index contributed by atoms with van der Waals surface area (Å²) < 4.78 is 41.9. The maximum Gasteiger partial charge on any atom is 0.339 e. The van der Waals surface area contributed by atoms with Gasteiger partial charge in [-0.3, -0.25) is 24.3 Å². The highest BCUT2D eigenvalue weighted by Gasteiger charge is 2.25. The van der Waals surface area contributed by atoms with Crippen LogP contribution in [0, 0.1) is 0 Å². The summed E-state index contributed by atoms with van der Waals surface area (Å²) >= 11 is 0. The minimum absolute atomic E-state index is 0.108. The lowest BCUT2D eigenvalue weighted by molar-refractivity contribution is -0.135. The Bertz CT molecular complexity index is 1240. The van der Waals surface area contributed by atoms with Gasteiger partial charge in [-0.15, -0.1) is 0 Å². The molecule has 15 heteroatoms. The maximum atomic E-state index is 12.4. The van der Waals surface area contributed by atoms with E-state index in [1.165, 1.54) is 37.4 Å². The first-order chi connectivity index (χ1) is 16.8. The molecule has 0 radical (unpaired) electrons. The number of hydrogen-bond donors (Lipinski definition) is 6. The molecule has 0 spiro atoms. The molecule has 0 aliphatic heterocycles. The third-order valence-electron chi connectivity index (χ3n) is 4.51. The summed E-state index contributed by atoms with van der Waals surface area (Å²) in [7, 11) is -6.77. The minimum Gasteiger partial charge on any atom is -0.496 e. The smallest absolute Gasteiger partial charge is 0.339 e. The Morgan fingerprint density at radius 1 is 1.03 bits per heavy atom. The van der Waals surface area contributed by atoms with Gasteiger partial charge in [0, 0.05) is 11.6 Å². The van der Waals surface area contributed by atoms with Crippen LogP contribution < -0.4 is 20.1 Å². The maximum absolute atomic E-state index is 12.4.